The maximum Gasteiger partial charge on any atom is 0.339 e. The van der Waals surface area contributed by atoms with E-state index in [9.17, 15) is 9.59 Å². The summed E-state index contributed by atoms with van der Waals surface area (Å²) in [5, 5.41) is 0. The van der Waals surface area contributed by atoms with Crippen molar-refractivity contribution in [3.05, 3.63) is 168 Å². The van der Waals surface area contributed by atoms with Gasteiger partial charge in [-0.25, -0.2) is 9.59 Å². The van der Waals surface area contributed by atoms with E-state index in [1.807, 2.05) is 133 Å². The average molecular weight is 605 g/mol. The first-order valence-electron chi connectivity index (χ1n) is 14.9. The molecule has 0 aliphatic rings. The van der Waals surface area contributed by atoms with Gasteiger partial charge in [0.05, 0.1) is 11.1 Å². The average Bonchev–Trinajstić information content (AvgIpc) is 3.10. The predicted molar refractivity (Wildman–Crippen MR) is 183 cm³/mol. The van der Waals surface area contributed by atoms with Gasteiger partial charge in [0.25, 0.3) is 0 Å². The zero-order chi connectivity index (χ0) is 31.9. The number of ether oxygens (including phenoxy) is 2. The maximum atomic E-state index is 14.0. The van der Waals surface area contributed by atoms with E-state index in [1.165, 1.54) is 0 Å². The van der Waals surface area contributed by atoms with Gasteiger partial charge in [0.15, 0.2) is 0 Å². The van der Waals surface area contributed by atoms with Gasteiger partial charge in [-0.05, 0) is 57.6 Å². The van der Waals surface area contributed by atoms with Crippen LogP contribution in [0.4, 0.5) is 11.4 Å². The Labute approximate surface area is 267 Å². The van der Waals surface area contributed by atoms with Crippen LogP contribution in [0, 0.1) is 0 Å². The molecular formula is C40H32N2O4. The van der Waals surface area contributed by atoms with E-state index < -0.39 is 11.9 Å². The number of nitrogens with two attached hydrogens (primary N) is 2. The van der Waals surface area contributed by atoms with E-state index in [2.05, 4.69) is 0 Å². The number of hydrogen-bond donors (Lipinski definition) is 2. The Hall–Kier alpha value is -6.14. The molecule has 46 heavy (non-hydrogen) atoms. The van der Waals surface area contributed by atoms with Crippen LogP contribution in [0.15, 0.2) is 146 Å². The summed E-state index contributed by atoms with van der Waals surface area (Å²) in [6.45, 7) is 0.127. The number of carbonyl (C=O) groups excluding carboxylic acids is 2. The summed E-state index contributed by atoms with van der Waals surface area (Å²) < 4.78 is 11.7. The minimum atomic E-state index is -0.581. The zero-order valence-electron chi connectivity index (χ0n) is 25.1. The molecule has 0 fully saturated rings. The molecule has 0 radical (unpaired) electrons. The van der Waals surface area contributed by atoms with Crippen LogP contribution < -0.4 is 11.5 Å². The Balaban J connectivity index is 1.59. The summed E-state index contributed by atoms with van der Waals surface area (Å²) in [5.41, 5.74) is 19.7. The number of benzene rings is 6. The lowest BCUT2D eigenvalue weighted by Crippen LogP contribution is -2.13. The lowest BCUT2D eigenvalue weighted by atomic mass is 9.83. The SMILES string of the molecule is Nc1cc(C(=O)OCc2ccccc2)c(-c2c(C(=O)OCc3ccccc3)cc(N)cc2-c2ccccc2)c(-c2ccccc2)c1. The fourth-order valence-electron chi connectivity index (χ4n) is 5.48. The lowest BCUT2D eigenvalue weighted by molar-refractivity contribution is 0.0462. The molecule has 0 heterocycles. The number of anilines is 2. The summed E-state index contributed by atoms with van der Waals surface area (Å²) in [7, 11) is 0. The first kappa shape index (κ1) is 29.9. The van der Waals surface area contributed by atoms with Gasteiger partial charge in [-0.15, -0.1) is 0 Å². The summed E-state index contributed by atoms with van der Waals surface area (Å²) in [5.74, 6) is -1.16. The number of esters is 2. The van der Waals surface area contributed by atoms with Crippen LogP contribution in [0.5, 0.6) is 0 Å². The molecule has 0 unspecified atom stereocenters. The van der Waals surface area contributed by atoms with E-state index in [4.69, 9.17) is 20.9 Å². The molecular weight excluding hydrogens is 572 g/mol. The molecule has 0 spiro atoms. The fraction of sp³-hybridized carbons (Fsp3) is 0.0500. The highest BCUT2D eigenvalue weighted by Crippen LogP contribution is 2.45. The zero-order valence-corrected chi connectivity index (χ0v) is 25.1. The highest BCUT2D eigenvalue weighted by Gasteiger charge is 2.28. The van der Waals surface area contributed by atoms with Gasteiger partial charge in [0.1, 0.15) is 13.2 Å². The van der Waals surface area contributed by atoms with Crippen molar-refractivity contribution in [1.29, 1.82) is 0 Å². The lowest BCUT2D eigenvalue weighted by Gasteiger charge is -2.22. The van der Waals surface area contributed by atoms with Crippen molar-refractivity contribution < 1.29 is 19.1 Å². The van der Waals surface area contributed by atoms with E-state index in [0.29, 0.717) is 33.6 Å². The Kier molecular flexibility index (Phi) is 8.88. The van der Waals surface area contributed by atoms with Gasteiger partial charge < -0.3 is 20.9 Å². The Morgan fingerprint density at radius 3 is 1.13 bits per heavy atom. The van der Waals surface area contributed by atoms with Crippen molar-refractivity contribution in [3.8, 4) is 33.4 Å². The topological polar surface area (TPSA) is 105 Å². The highest BCUT2D eigenvalue weighted by molar-refractivity contribution is 6.12. The van der Waals surface area contributed by atoms with E-state index in [1.54, 1.807) is 12.1 Å². The molecule has 6 rings (SSSR count). The largest absolute Gasteiger partial charge is 0.457 e. The Bertz CT molecular complexity index is 1830. The van der Waals surface area contributed by atoms with Crippen LogP contribution in [-0.4, -0.2) is 11.9 Å². The van der Waals surface area contributed by atoms with Crippen molar-refractivity contribution in [2.45, 2.75) is 13.2 Å². The summed E-state index contributed by atoms with van der Waals surface area (Å²) in [4.78, 5) is 28.1. The predicted octanol–water partition coefficient (Wildman–Crippen LogP) is 8.57. The number of carbonyl (C=O) groups is 2. The molecule has 6 heteroatoms. The molecule has 0 saturated carbocycles. The molecule has 0 aliphatic carbocycles. The van der Waals surface area contributed by atoms with E-state index in [-0.39, 0.29) is 24.3 Å². The third-order valence-electron chi connectivity index (χ3n) is 7.61. The molecule has 0 saturated heterocycles. The first-order chi connectivity index (χ1) is 22.5. The van der Waals surface area contributed by atoms with Crippen LogP contribution >= 0.6 is 0 Å². The fourth-order valence-corrected chi connectivity index (χ4v) is 5.48. The number of rotatable bonds is 9. The van der Waals surface area contributed by atoms with E-state index in [0.717, 1.165) is 22.3 Å². The van der Waals surface area contributed by atoms with Gasteiger partial charge in [-0.2, -0.15) is 0 Å². The summed E-state index contributed by atoms with van der Waals surface area (Å²) in [6.07, 6.45) is 0. The first-order valence-corrected chi connectivity index (χ1v) is 14.9. The van der Waals surface area contributed by atoms with Gasteiger partial charge >= 0.3 is 11.9 Å². The molecule has 4 N–H and O–H groups in total. The third kappa shape index (κ3) is 6.66. The molecule has 6 nitrogen and oxygen atoms in total. The third-order valence-corrected chi connectivity index (χ3v) is 7.61. The molecule has 0 amide bonds. The quantitative estimate of drug-likeness (QED) is 0.127. The van der Waals surface area contributed by atoms with Crippen LogP contribution in [0.2, 0.25) is 0 Å². The maximum absolute atomic E-state index is 14.0. The van der Waals surface area contributed by atoms with Gasteiger partial charge in [-0.3, -0.25) is 0 Å². The van der Waals surface area contributed by atoms with Crippen molar-refractivity contribution in [2.75, 3.05) is 11.5 Å². The standard InChI is InChI=1S/C40H32N2O4/c41-31-21-33(29-17-9-3-10-18-29)37(35(23-31)39(43)45-25-27-13-5-1-6-14-27)38-34(30-19-11-4-12-20-30)22-32(42)24-36(38)40(44)46-26-28-15-7-2-8-16-28/h1-24H,25-26,41-42H2. The number of nitrogen functional groups attached to an aromatic ring is 2. The van der Waals surface area contributed by atoms with Crippen LogP contribution in [0.3, 0.4) is 0 Å². The minimum absolute atomic E-state index is 0.0633. The second-order valence-electron chi connectivity index (χ2n) is 10.8. The number of hydrogen-bond acceptors (Lipinski definition) is 6. The molecule has 6 aromatic rings. The Morgan fingerprint density at radius 1 is 0.457 bits per heavy atom. The summed E-state index contributed by atoms with van der Waals surface area (Å²) >= 11 is 0. The molecule has 226 valence electrons. The molecule has 0 aliphatic heterocycles. The highest BCUT2D eigenvalue weighted by atomic mass is 16.5. The molecule has 6 aromatic carbocycles. The van der Waals surface area contributed by atoms with Crippen molar-refractivity contribution in [3.63, 3.8) is 0 Å². The van der Waals surface area contributed by atoms with Crippen molar-refractivity contribution in [1.82, 2.24) is 0 Å². The Morgan fingerprint density at radius 2 is 0.783 bits per heavy atom. The second-order valence-corrected chi connectivity index (χ2v) is 10.8. The molecule has 0 aromatic heterocycles. The second kappa shape index (κ2) is 13.7. The van der Waals surface area contributed by atoms with Gasteiger partial charge in [0, 0.05) is 22.5 Å². The molecule has 0 bridgehead atoms. The van der Waals surface area contributed by atoms with Crippen LogP contribution in [0.25, 0.3) is 33.4 Å². The van der Waals surface area contributed by atoms with E-state index >= 15 is 0 Å². The molecule has 0 atom stereocenters. The van der Waals surface area contributed by atoms with Gasteiger partial charge in [-0.1, -0.05) is 121 Å². The van der Waals surface area contributed by atoms with Gasteiger partial charge in [0.2, 0.25) is 0 Å². The van der Waals surface area contributed by atoms with Crippen molar-refractivity contribution >= 4 is 23.3 Å². The smallest absolute Gasteiger partial charge is 0.339 e. The van der Waals surface area contributed by atoms with Crippen LogP contribution in [0.1, 0.15) is 31.8 Å². The minimum Gasteiger partial charge on any atom is -0.457 e. The summed E-state index contributed by atoms with van der Waals surface area (Å²) in [6, 6.07) is 44.9. The monoisotopic (exact) mass is 604 g/mol. The normalized spacial score (nSPS) is 10.7. The van der Waals surface area contributed by atoms with Crippen molar-refractivity contribution in [2.24, 2.45) is 0 Å². The van der Waals surface area contributed by atoms with Crippen LogP contribution in [-0.2, 0) is 22.7 Å².